The fourth-order valence-electron chi connectivity index (χ4n) is 6.86. The molecule has 9 rings (SSSR count). The van der Waals surface area contributed by atoms with Crippen LogP contribution in [0, 0.1) is 0 Å². The highest BCUT2D eigenvalue weighted by atomic mass is 16.1. The summed E-state index contributed by atoms with van der Waals surface area (Å²) < 4.78 is 0. The van der Waals surface area contributed by atoms with E-state index in [0.29, 0.717) is 32.6 Å². The standard InChI is InChI=1S/C40H24N2O2/c43-39-31-19-7-17-29(27-15-5-11-23-9-1-3-13-25(23)27)37(31)41-35-21-34-36(22-33(35)39)42-38-30(18-8-20-32(38)40(34)44)28-16-6-12-24-10-2-4-14-26(24)28/h1-22H,(H,41,43)(H,42,44). The molecule has 0 spiro atoms. The summed E-state index contributed by atoms with van der Waals surface area (Å²) in [4.78, 5) is 35.2. The second-order valence-corrected chi connectivity index (χ2v) is 11.4. The molecule has 0 amide bonds. The number of benzene rings is 7. The summed E-state index contributed by atoms with van der Waals surface area (Å²) in [6, 6.07) is 44.3. The first-order chi connectivity index (χ1) is 21.7. The number of aromatic nitrogens is 2. The van der Waals surface area contributed by atoms with Crippen molar-refractivity contribution in [3.05, 3.63) is 154 Å². The van der Waals surface area contributed by atoms with E-state index in [4.69, 9.17) is 0 Å². The van der Waals surface area contributed by atoms with E-state index in [1.165, 1.54) is 0 Å². The number of fused-ring (bicyclic) bond motifs is 6. The topological polar surface area (TPSA) is 65.7 Å². The minimum absolute atomic E-state index is 0.0685. The average Bonchev–Trinajstić information content (AvgIpc) is 3.07. The van der Waals surface area contributed by atoms with Gasteiger partial charge in [-0.1, -0.05) is 109 Å². The van der Waals surface area contributed by atoms with Gasteiger partial charge in [-0.2, -0.15) is 0 Å². The molecule has 2 N–H and O–H groups in total. The molecule has 0 bridgehead atoms. The lowest BCUT2D eigenvalue weighted by atomic mass is 9.95. The van der Waals surface area contributed by atoms with Gasteiger partial charge < -0.3 is 9.97 Å². The summed E-state index contributed by atoms with van der Waals surface area (Å²) in [6.07, 6.45) is 0. The van der Waals surface area contributed by atoms with Gasteiger partial charge >= 0.3 is 0 Å². The number of nitrogens with one attached hydrogen (secondary N) is 2. The Morgan fingerprint density at radius 1 is 0.341 bits per heavy atom. The Kier molecular flexibility index (Phi) is 5.17. The molecule has 0 aliphatic carbocycles. The fourth-order valence-corrected chi connectivity index (χ4v) is 6.86. The molecule has 0 radical (unpaired) electrons. The number of hydrogen-bond acceptors (Lipinski definition) is 2. The lowest BCUT2D eigenvalue weighted by molar-refractivity contribution is 1.45. The second-order valence-electron chi connectivity index (χ2n) is 11.4. The molecule has 0 saturated carbocycles. The third kappa shape index (κ3) is 3.52. The Morgan fingerprint density at radius 2 is 0.705 bits per heavy atom. The first-order valence-electron chi connectivity index (χ1n) is 14.7. The number of hydrogen-bond donors (Lipinski definition) is 2. The first kappa shape index (κ1) is 24.6. The van der Waals surface area contributed by atoms with E-state index in [2.05, 4.69) is 58.5 Å². The van der Waals surface area contributed by atoms with Crippen molar-refractivity contribution < 1.29 is 0 Å². The molecule has 44 heavy (non-hydrogen) atoms. The van der Waals surface area contributed by atoms with Crippen LogP contribution in [-0.2, 0) is 0 Å². The van der Waals surface area contributed by atoms with Crippen LogP contribution in [0.1, 0.15) is 0 Å². The molecule has 0 aliphatic heterocycles. The first-order valence-corrected chi connectivity index (χ1v) is 14.7. The lowest BCUT2D eigenvalue weighted by Crippen LogP contribution is -2.09. The predicted molar refractivity (Wildman–Crippen MR) is 184 cm³/mol. The summed E-state index contributed by atoms with van der Waals surface area (Å²) in [5.41, 5.74) is 6.66. The maximum absolute atomic E-state index is 14.1. The maximum Gasteiger partial charge on any atom is 0.197 e. The molecule has 0 atom stereocenters. The SMILES string of the molecule is O=c1c2cc3[nH]c4c(-c5cccc6ccccc56)cccc4c(=O)c3cc2[nH]c2c(-c3cccc4ccccc34)cccc12. The monoisotopic (exact) mass is 564 g/mol. The van der Waals surface area contributed by atoms with E-state index in [9.17, 15) is 9.59 Å². The highest BCUT2D eigenvalue weighted by Gasteiger charge is 2.16. The van der Waals surface area contributed by atoms with Crippen molar-refractivity contribution in [3.8, 4) is 22.3 Å². The number of H-pyrrole nitrogens is 2. The molecule has 2 aromatic heterocycles. The van der Waals surface area contributed by atoms with Crippen LogP contribution in [0.3, 0.4) is 0 Å². The van der Waals surface area contributed by atoms with Crippen molar-refractivity contribution in [2.24, 2.45) is 0 Å². The molecule has 0 unspecified atom stereocenters. The Balaban J connectivity index is 1.33. The van der Waals surface area contributed by atoms with Gasteiger partial charge in [0.2, 0.25) is 0 Å². The fraction of sp³-hybridized carbons (Fsp3) is 0. The highest BCUT2D eigenvalue weighted by molar-refractivity contribution is 6.10. The smallest absolute Gasteiger partial charge is 0.197 e. The van der Waals surface area contributed by atoms with Crippen molar-refractivity contribution in [1.82, 2.24) is 9.97 Å². The van der Waals surface area contributed by atoms with Crippen LogP contribution < -0.4 is 10.9 Å². The maximum atomic E-state index is 14.1. The van der Waals surface area contributed by atoms with Crippen molar-refractivity contribution in [3.63, 3.8) is 0 Å². The van der Waals surface area contributed by atoms with Gasteiger partial charge in [-0.25, -0.2) is 0 Å². The third-order valence-corrected chi connectivity index (χ3v) is 8.94. The van der Waals surface area contributed by atoms with Gasteiger partial charge in [-0.3, -0.25) is 9.59 Å². The Bertz CT molecular complexity index is 2570. The Hall–Kier alpha value is -6.00. The van der Waals surface area contributed by atoms with Crippen LogP contribution in [0.4, 0.5) is 0 Å². The van der Waals surface area contributed by atoms with Gasteiger partial charge in [-0.05, 0) is 56.9 Å². The van der Waals surface area contributed by atoms with Gasteiger partial charge in [0.25, 0.3) is 0 Å². The van der Waals surface area contributed by atoms with Crippen LogP contribution in [0.2, 0.25) is 0 Å². The van der Waals surface area contributed by atoms with Gasteiger partial charge in [0.05, 0.1) is 22.1 Å². The van der Waals surface area contributed by atoms with E-state index < -0.39 is 0 Å². The molecule has 0 aliphatic rings. The summed E-state index contributed by atoms with van der Waals surface area (Å²) in [5.74, 6) is 0. The molecule has 4 heteroatoms. The summed E-state index contributed by atoms with van der Waals surface area (Å²) in [5, 5.41) is 6.81. The third-order valence-electron chi connectivity index (χ3n) is 8.94. The van der Waals surface area contributed by atoms with Gasteiger partial charge in [0.1, 0.15) is 0 Å². The van der Waals surface area contributed by atoms with Crippen molar-refractivity contribution in [1.29, 1.82) is 0 Å². The van der Waals surface area contributed by atoms with Crippen molar-refractivity contribution >= 4 is 65.2 Å². The largest absolute Gasteiger partial charge is 0.354 e. The minimum atomic E-state index is -0.0685. The highest BCUT2D eigenvalue weighted by Crippen LogP contribution is 2.35. The van der Waals surface area contributed by atoms with Crippen LogP contribution in [0.5, 0.6) is 0 Å². The zero-order valence-corrected chi connectivity index (χ0v) is 23.5. The quantitative estimate of drug-likeness (QED) is 0.206. The molecule has 2 heterocycles. The van der Waals surface area contributed by atoms with Gasteiger partial charge in [0, 0.05) is 32.7 Å². The summed E-state index contributed by atoms with van der Waals surface area (Å²) >= 11 is 0. The van der Waals surface area contributed by atoms with Crippen LogP contribution in [0.15, 0.2) is 143 Å². The van der Waals surface area contributed by atoms with Crippen molar-refractivity contribution in [2.75, 3.05) is 0 Å². The zero-order valence-electron chi connectivity index (χ0n) is 23.5. The molecule has 4 nitrogen and oxygen atoms in total. The number of pyridine rings is 2. The summed E-state index contributed by atoms with van der Waals surface area (Å²) in [7, 11) is 0. The number of para-hydroxylation sites is 2. The predicted octanol–water partition coefficient (Wildman–Crippen LogP) is 9.32. The van der Waals surface area contributed by atoms with Gasteiger partial charge in [0.15, 0.2) is 10.9 Å². The minimum Gasteiger partial charge on any atom is -0.354 e. The Morgan fingerprint density at radius 3 is 1.18 bits per heavy atom. The Labute approximate surface area is 250 Å². The molecular formula is C40H24N2O2. The van der Waals surface area contributed by atoms with E-state index in [-0.39, 0.29) is 10.9 Å². The van der Waals surface area contributed by atoms with Crippen LogP contribution >= 0.6 is 0 Å². The van der Waals surface area contributed by atoms with E-state index >= 15 is 0 Å². The second kappa shape index (κ2) is 9.25. The number of aromatic amines is 2. The molecular weight excluding hydrogens is 540 g/mol. The van der Waals surface area contributed by atoms with Crippen LogP contribution in [-0.4, -0.2) is 9.97 Å². The van der Waals surface area contributed by atoms with E-state index in [1.54, 1.807) is 0 Å². The van der Waals surface area contributed by atoms with E-state index in [1.807, 2.05) is 84.9 Å². The molecule has 0 fully saturated rings. The van der Waals surface area contributed by atoms with Crippen molar-refractivity contribution in [2.45, 2.75) is 0 Å². The van der Waals surface area contributed by atoms with Gasteiger partial charge in [-0.15, -0.1) is 0 Å². The zero-order chi connectivity index (χ0) is 29.4. The lowest BCUT2D eigenvalue weighted by Gasteiger charge is -2.13. The molecule has 0 saturated heterocycles. The van der Waals surface area contributed by atoms with E-state index in [0.717, 1.165) is 54.8 Å². The van der Waals surface area contributed by atoms with Crippen LogP contribution in [0.25, 0.3) is 87.4 Å². The molecule has 9 aromatic rings. The molecule has 206 valence electrons. The normalized spacial score (nSPS) is 11.8. The molecule has 7 aromatic carbocycles. The average molecular weight is 565 g/mol. The number of rotatable bonds is 2. The summed E-state index contributed by atoms with van der Waals surface area (Å²) in [6.45, 7) is 0.